The van der Waals surface area contributed by atoms with Crippen LogP contribution < -0.4 is 4.72 Å². The lowest BCUT2D eigenvalue weighted by molar-refractivity contribution is 0.0694. The maximum absolute atomic E-state index is 11.1. The molecule has 1 amide bonds. The van der Waals surface area contributed by atoms with Gasteiger partial charge in [0.25, 0.3) is 15.9 Å². The number of carbonyl (C=O) groups is 2. The highest BCUT2D eigenvalue weighted by Crippen LogP contribution is 2.22. The maximum Gasteiger partial charge on any atom is 0.337 e. The van der Waals surface area contributed by atoms with E-state index in [0.717, 1.165) is 10.7 Å². The molecule has 0 spiro atoms. The number of rotatable bonds is 1. The molecule has 10 heteroatoms. The molecule has 1 aliphatic heterocycles. The molecule has 0 saturated heterocycles. The Balaban J connectivity index is 0.000000174. The molecule has 24 heavy (non-hydrogen) atoms. The monoisotopic (exact) mass is 683 g/mol. The Morgan fingerprint density at radius 1 is 1.04 bits per heavy atom. The second-order valence-electron chi connectivity index (χ2n) is 4.48. The third kappa shape index (κ3) is 4.37. The third-order valence-electron chi connectivity index (χ3n) is 2.87. The average molecular weight is 683 g/mol. The predicted octanol–water partition coefficient (Wildman–Crippen LogP) is 3.32. The minimum Gasteiger partial charge on any atom is -0.478 e. The van der Waals surface area contributed by atoms with Gasteiger partial charge in [0.05, 0.1) is 11.1 Å². The number of halogens is 3. The number of hydrogen-bond donors (Lipinski definition) is 2. The number of sulfonamides is 1. The zero-order valence-electron chi connectivity index (χ0n) is 11.6. The number of hydrogen-bond acceptors (Lipinski definition) is 4. The minimum atomic E-state index is -3.55. The third-order valence-corrected chi connectivity index (χ3v) is 6.58. The fourth-order valence-corrected chi connectivity index (χ4v) is 7.08. The van der Waals surface area contributed by atoms with Gasteiger partial charge in [-0.15, -0.1) is 0 Å². The highest BCUT2D eigenvalue weighted by molar-refractivity contribution is 14.1. The van der Waals surface area contributed by atoms with E-state index in [4.69, 9.17) is 5.11 Å². The summed E-state index contributed by atoms with van der Waals surface area (Å²) in [6, 6.07) is 9.80. The van der Waals surface area contributed by atoms with E-state index in [0.29, 0.717) is 5.56 Å². The van der Waals surface area contributed by atoms with Crippen LogP contribution in [-0.4, -0.2) is 25.4 Å². The summed E-state index contributed by atoms with van der Waals surface area (Å²) in [5.74, 6) is -1.41. The Kier molecular flexibility index (Phi) is 6.46. The van der Waals surface area contributed by atoms with Crippen LogP contribution in [0.5, 0.6) is 0 Å². The number of benzene rings is 2. The first-order valence-corrected chi connectivity index (χ1v) is 10.9. The van der Waals surface area contributed by atoms with Crippen LogP contribution in [0.1, 0.15) is 20.7 Å². The molecule has 0 radical (unpaired) electrons. The minimum absolute atomic E-state index is 0.0648. The van der Waals surface area contributed by atoms with E-state index in [-0.39, 0.29) is 10.5 Å². The van der Waals surface area contributed by atoms with E-state index in [1.807, 2.05) is 62.0 Å². The largest absolute Gasteiger partial charge is 0.478 e. The van der Waals surface area contributed by atoms with E-state index < -0.39 is 21.9 Å². The molecule has 1 aliphatic rings. The lowest BCUT2D eigenvalue weighted by atomic mass is 10.2. The van der Waals surface area contributed by atoms with Crippen molar-refractivity contribution >= 4 is 89.7 Å². The first-order chi connectivity index (χ1) is 11.1. The predicted molar refractivity (Wildman–Crippen MR) is 113 cm³/mol. The summed E-state index contributed by atoms with van der Waals surface area (Å²) in [6.45, 7) is 0. The van der Waals surface area contributed by atoms with Crippen LogP contribution in [0.3, 0.4) is 0 Å². The molecule has 3 rings (SSSR count). The summed E-state index contributed by atoms with van der Waals surface area (Å²) in [5, 5.41) is 8.83. The Morgan fingerprint density at radius 3 is 2.08 bits per heavy atom. The Bertz CT molecular complexity index is 920. The van der Waals surface area contributed by atoms with Crippen LogP contribution in [0.15, 0.2) is 41.3 Å². The smallest absolute Gasteiger partial charge is 0.337 e. The average Bonchev–Trinajstić information content (AvgIpc) is 2.68. The van der Waals surface area contributed by atoms with Crippen molar-refractivity contribution in [3.05, 3.63) is 58.2 Å². The van der Waals surface area contributed by atoms with Crippen LogP contribution in [0, 0.1) is 10.7 Å². The summed E-state index contributed by atoms with van der Waals surface area (Å²) < 4.78 is 26.8. The molecular formula is C14H8I3NO5S. The molecule has 0 saturated carbocycles. The fraction of sp³-hybridized carbons (Fsp3) is 0. The van der Waals surface area contributed by atoms with Gasteiger partial charge < -0.3 is 5.11 Å². The van der Waals surface area contributed by atoms with Crippen molar-refractivity contribution in [2.24, 2.45) is 0 Å². The van der Waals surface area contributed by atoms with Crippen LogP contribution in [0.2, 0.25) is 0 Å². The standard InChI is InChI=1S/C7H3I3O2.C7H5NO3S/c8-3-1-4(9)6(7(11)12)5(10)2-3;9-7-5-3-1-2-4-6(5)12(10,11)8-7/h1-2H,(H,11,12);1-4H,(H,8,9). The van der Waals surface area contributed by atoms with Gasteiger partial charge in [-0.2, -0.15) is 0 Å². The second-order valence-corrected chi connectivity index (χ2v) is 9.70. The maximum atomic E-state index is 11.1. The van der Waals surface area contributed by atoms with Gasteiger partial charge in [0, 0.05) is 10.7 Å². The van der Waals surface area contributed by atoms with Crippen molar-refractivity contribution in [3.63, 3.8) is 0 Å². The first kappa shape index (κ1) is 19.8. The van der Waals surface area contributed by atoms with Gasteiger partial charge in [-0.05, 0) is 92.0 Å². The van der Waals surface area contributed by atoms with Gasteiger partial charge in [-0.25, -0.2) is 17.9 Å². The molecule has 126 valence electrons. The van der Waals surface area contributed by atoms with E-state index >= 15 is 0 Å². The molecule has 0 aliphatic carbocycles. The van der Waals surface area contributed by atoms with E-state index in [9.17, 15) is 18.0 Å². The van der Waals surface area contributed by atoms with Crippen molar-refractivity contribution in [1.82, 2.24) is 4.72 Å². The molecule has 2 aromatic rings. The van der Waals surface area contributed by atoms with Gasteiger partial charge in [-0.1, -0.05) is 12.1 Å². The van der Waals surface area contributed by atoms with Gasteiger partial charge in [0.15, 0.2) is 0 Å². The van der Waals surface area contributed by atoms with Crippen LogP contribution in [-0.2, 0) is 10.0 Å². The van der Waals surface area contributed by atoms with Crippen LogP contribution in [0.4, 0.5) is 0 Å². The molecule has 0 aromatic heterocycles. The summed E-state index contributed by atoms with van der Waals surface area (Å²) in [6.07, 6.45) is 0. The summed E-state index contributed by atoms with van der Waals surface area (Å²) >= 11 is 6.24. The zero-order chi connectivity index (χ0) is 18.1. The van der Waals surface area contributed by atoms with Gasteiger partial charge in [0.1, 0.15) is 4.90 Å². The SMILES string of the molecule is O=C(O)c1c(I)cc(I)cc1I.O=C1NS(=O)(=O)c2ccccc21. The Morgan fingerprint density at radius 2 is 1.58 bits per heavy atom. The number of aromatic carboxylic acids is 1. The number of carboxylic acid groups (broad SMARTS) is 1. The number of carboxylic acids is 1. The van der Waals surface area contributed by atoms with E-state index in [1.165, 1.54) is 12.1 Å². The molecular weight excluding hydrogens is 675 g/mol. The number of nitrogens with one attached hydrogen (secondary N) is 1. The van der Waals surface area contributed by atoms with Crippen LogP contribution in [0.25, 0.3) is 0 Å². The van der Waals surface area contributed by atoms with Gasteiger partial charge in [-0.3, -0.25) is 4.79 Å². The molecule has 2 N–H and O–H groups in total. The zero-order valence-corrected chi connectivity index (χ0v) is 18.9. The number of fused-ring (bicyclic) bond motifs is 1. The molecule has 1 heterocycles. The Hall–Kier alpha value is -0.480. The number of amides is 1. The van der Waals surface area contributed by atoms with Crippen molar-refractivity contribution in [2.75, 3.05) is 0 Å². The number of carbonyl (C=O) groups excluding carboxylic acids is 1. The van der Waals surface area contributed by atoms with Crippen molar-refractivity contribution in [2.45, 2.75) is 4.90 Å². The lowest BCUT2D eigenvalue weighted by Crippen LogP contribution is -2.20. The summed E-state index contributed by atoms with van der Waals surface area (Å²) in [7, 11) is -3.55. The quantitative estimate of drug-likeness (QED) is 0.450. The summed E-state index contributed by atoms with van der Waals surface area (Å²) in [4.78, 5) is 21.8. The molecule has 0 fully saturated rings. The van der Waals surface area contributed by atoms with Crippen molar-refractivity contribution in [3.8, 4) is 0 Å². The molecule has 0 unspecified atom stereocenters. The lowest BCUT2D eigenvalue weighted by Gasteiger charge is -2.02. The highest BCUT2D eigenvalue weighted by Gasteiger charge is 2.31. The van der Waals surface area contributed by atoms with E-state index in [2.05, 4.69) is 22.6 Å². The molecule has 0 atom stereocenters. The van der Waals surface area contributed by atoms with E-state index in [1.54, 1.807) is 12.1 Å². The van der Waals surface area contributed by atoms with Crippen molar-refractivity contribution < 1.29 is 23.1 Å². The second kappa shape index (κ2) is 7.82. The Labute approximate surface area is 178 Å². The summed E-state index contributed by atoms with van der Waals surface area (Å²) in [5.41, 5.74) is 0.620. The molecule has 0 bridgehead atoms. The van der Waals surface area contributed by atoms with Crippen LogP contribution >= 0.6 is 67.8 Å². The first-order valence-electron chi connectivity index (χ1n) is 6.17. The normalized spacial score (nSPS) is 14.2. The highest BCUT2D eigenvalue weighted by atomic mass is 127. The van der Waals surface area contributed by atoms with Gasteiger partial charge in [0.2, 0.25) is 0 Å². The van der Waals surface area contributed by atoms with Crippen molar-refractivity contribution in [1.29, 1.82) is 0 Å². The van der Waals surface area contributed by atoms with Gasteiger partial charge >= 0.3 is 5.97 Å². The topological polar surface area (TPSA) is 101 Å². The molecule has 6 nitrogen and oxygen atoms in total. The molecule has 2 aromatic carbocycles. The fourth-order valence-electron chi connectivity index (χ4n) is 1.87.